The van der Waals surface area contributed by atoms with Crippen LogP contribution in [0.1, 0.15) is 37.5 Å². The summed E-state index contributed by atoms with van der Waals surface area (Å²) in [5, 5.41) is 8.29. The lowest BCUT2D eigenvalue weighted by atomic mass is 9.86. The van der Waals surface area contributed by atoms with Gasteiger partial charge < -0.3 is 21.7 Å². The highest BCUT2D eigenvalue weighted by molar-refractivity contribution is 5.96. The van der Waals surface area contributed by atoms with E-state index in [1.165, 1.54) is 0 Å². The Labute approximate surface area is 183 Å². The Morgan fingerprint density at radius 3 is 2.00 bits per heavy atom. The monoisotopic (exact) mass is 424 g/mol. The first kappa shape index (κ1) is 23.9. The molecule has 0 fully saturated rings. The van der Waals surface area contributed by atoms with E-state index in [2.05, 4.69) is 16.0 Å². The third-order valence-electron chi connectivity index (χ3n) is 5.07. The summed E-state index contributed by atoms with van der Waals surface area (Å²) in [5.74, 6) is -1.10. The number of hydrogen-bond acceptors (Lipinski definition) is 3. The van der Waals surface area contributed by atoms with Crippen LogP contribution in [0.15, 0.2) is 48.5 Å². The number of nitrogens with one attached hydrogen (secondary N) is 3. The molecule has 0 saturated carbocycles. The number of urea groups is 1. The smallest absolute Gasteiger partial charge is 0.319 e. The highest BCUT2D eigenvalue weighted by atomic mass is 16.2. The van der Waals surface area contributed by atoms with E-state index in [0.717, 1.165) is 16.7 Å². The van der Waals surface area contributed by atoms with E-state index in [0.29, 0.717) is 5.69 Å². The molecule has 2 rings (SSSR count). The standard InChI is InChI=1S/C24H32N4O3/c1-15-10-9-11-16(2)19(15)27-23(31)28-20(24(3,4)5)22(30)26-18(21(25)29)14-17-12-7-6-8-13-17/h6-13,18,20H,14H2,1-5H3,(H2,25,29)(H,26,30)(H2,27,28,31)/t18-,20+/m0/s1. The van der Waals surface area contributed by atoms with E-state index in [1.54, 1.807) is 0 Å². The predicted molar refractivity (Wildman–Crippen MR) is 123 cm³/mol. The molecule has 5 N–H and O–H groups in total. The summed E-state index contributed by atoms with van der Waals surface area (Å²) >= 11 is 0. The van der Waals surface area contributed by atoms with Gasteiger partial charge in [-0.25, -0.2) is 4.79 Å². The van der Waals surface area contributed by atoms with Crippen molar-refractivity contribution < 1.29 is 14.4 Å². The van der Waals surface area contributed by atoms with Crippen LogP contribution in [-0.2, 0) is 16.0 Å². The molecule has 166 valence electrons. The molecule has 0 aliphatic rings. The van der Waals surface area contributed by atoms with Gasteiger partial charge in [-0.05, 0) is 36.0 Å². The van der Waals surface area contributed by atoms with Crippen LogP contribution in [0.5, 0.6) is 0 Å². The van der Waals surface area contributed by atoms with Crippen molar-refractivity contribution in [2.75, 3.05) is 5.32 Å². The molecule has 0 bridgehead atoms. The minimum atomic E-state index is -0.886. The highest BCUT2D eigenvalue weighted by Gasteiger charge is 2.34. The summed E-state index contributed by atoms with van der Waals surface area (Å²) in [5.41, 5.74) is 8.34. The summed E-state index contributed by atoms with van der Waals surface area (Å²) < 4.78 is 0. The average molecular weight is 425 g/mol. The van der Waals surface area contributed by atoms with Gasteiger partial charge in [-0.3, -0.25) is 9.59 Å². The first-order valence-corrected chi connectivity index (χ1v) is 10.3. The average Bonchev–Trinajstić information content (AvgIpc) is 2.68. The maximum absolute atomic E-state index is 13.1. The van der Waals surface area contributed by atoms with Crippen molar-refractivity contribution in [3.05, 3.63) is 65.2 Å². The lowest BCUT2D eigenvalue weighted by molar-refractivity contribution is -0.130. The van der Waals surface area contributed by atoms with Crippen LogP contribution in [0.25, 0.3) is 0 Å². The Kier molecular flexibility index (Phi) is 7.80. The van der Waals surface area contributed by atoms with Gasteiger partial charge in [0.15, 0.2) is 0 Å². The zero-order valence-electron chi connectivity index (χ0n) is 18.8. The molecule has 0 aromatic heterocycles. The van der Waals surface area contributed by atoms with Gasteiger partial charge in [-0.2, -0.15) is 0 Å². The molecule has 4 amide bonds. The minimum Gasteiger partial charge on any atom is -0.368 e. The van der Waals surface area contributed by atoms with Crippen LogP contribution in [-0.4, -0.2) is 29.9 Å². The molecule has 0 spiro atoms. The number of anilines is 1. The van der Waals surface area contributed by atoms with Crippen LogP contribution in [0.3, 0.4) is 0 Å². The zero-order valence-corrected chi connectivity index (χ0v) is 18.8. The van der Waals surface area contributed by atoms with Crippen LogP contribution >= 0.6 is 0 Å². The maximum Gasteiger partial charge on any atom is 0.319 e. The molecule has 7 nitrogen and oxygen atoms in total. The summed E-state index contributed by atoms with van der Waals surface area (Å²) in [6, 6.07) is 12.8. The quantitative estimate of drug-likeness (QED) is 0.548. The molecule has 0 aliphatic carbocycles. The third-order valence-corrected chi connectivity index (χ3v) is 5.07. The fourth-order valence-corrected chi connectivity index (χ4v) is 3.30. The second kappa shape index (κ2) is 10.1. The van der Waals surface area contributed by atoms with E-state index in [1.807, 2.05) is 83.1 Å². The minimum absolute atomic E-state index is 0.271. The molecule has 2 aromatic carbocycles. The summed E-state index contributed by atoms with van der Waals surface area (Å²) in [6.45, 7) is 9.32. The number of carbonyl (C=O) groups is 3. The van der Waals surface area contributed by atoms with Gasteiger partial charge in [0.25, 0.3) is 0 Å². The van der Waals surface area contributed by atoms with Crippen molar-refractivity contribution in [3.63, 3.8) is 0 Å². The highest BCUT2D eigenvalue weighted by Crippen LogP contribution is 2.22. The summed E-state index contributed by atoms with van der Waals surface area (Å²) in [7, 11) is 0. The van der Waals surface area contributed by atoms with Crippen LogP contribution < -0.4 is 21.7 Å². The number of amides is 4. The molecule has 0 saturated heterocycles. The summed E-state index contributed by atoms with van der Waals surface area (Å²) in [6.07, 6.45) is 0.271. The topological polar surface area (TPSA) is 113 Å². The van der Waals surface area contributed by atoms with E-state index in [-0.39, 0.29) is 6.42 Å². The SMILES string of the molecule is Cc1cccc(C)c1NC(=O)N[C@H](C(=O)N[C@@H](Cc1ccccc1)C(N)=O)C(C)(C)C. The number of hydrogen-bond donors (Lipinski definition) is 4. The molecular formula is C24H32N4O3. The van der Waals surface area contributed by atoms with Crippen LogP contribution in [0, 0.1) is 19.3 Å². The fraction of sp³-hybridized carbons (Fsp3) is 0.375. The predicted octanol–water partition coefficient (Wildman–Crippen LogP) is 3.05. The second-order valence-electron chi connectivity index (χ2n) is 8.82. The first-order chi connectivity index (χ1) is 14.5. The van der Waals surface area contributed by atoms with Crippen molar-refractivity contribution in [2.45, 2.75) is 53.1 Å². The van der Waals surface area contributed by atoms with Gasteiger partial charge in [0.2, 0.25) is 11.8 Å². The molecular weight excluding hydrogens is 392 g/mol. The second-order valence-corrected chi connectivity index (χ2v) is 8.82. The number of aryl methyl sites for hydroxylation is 2. The summed E-state index contributed by atoms with van der Waals surface area (Å²) in [4.78, 5) is 37.7. The maximum atomic E-state index is 13.1. The number of para-hydroxylation sites is 1. The van der Waals surface area contributed by atoms with E-state index >= 15 is 0 Å². The largest absolute Gasteiger partial charge is 0.368 e. The molecule has 0 radical (unpaired) electrons. The van der Waals surface area contributed by atoms with Gasteiger partial charge >= 0.3 is 6.03 Å². The zero-order chi connectivity index (χ0) is 23.2. The van der Waals surface area contributed by atoms with E-state index in [9.17, 15) is 14.4 Å². The van der Waals surface area contributed by atoms with E-state index in [4.69, 9.17) is 5.73 Å². The number of rotatable bonds is 7. The first-order valence-electron chi connectivity index (χ1n) is 10.3. The number of primary amides is 1. The fourth-order valence-electron chi connectivity index (χ4n) is 3.30. The molecule has 7 heteroatoms. The molecule has 0 unspecified atom stereocenters. The van der Waals surface area contributed by atoms with Crippen molar-refractivity contribution in [3.8, 4) is 0 Å². The van der Waals surface area contributed by atoms with Gasteiger partial charge in [0.1, 0.15) is 12.1 Å². The van der Waals surface area contributed by atoms with Crippen LogP contribution in [0.2, 0.25) is 0 Å². The van der Waals surface area contributed by atoms with Crippen molar-refractivity contribution in [1.82, 2.24) is 10.6 Å². The molecule has 0 aliphatic heterocycles. The lowest BCUT2D eigenvalue weighted by Gasteiger charge is -2.31. The number of carbonyl (C=O) groups excluding carboxylic acids is 3. The van der Waals surface area contributed by atoms with Crippen LogP contribution in [0.4, 0.5) is 10.5 Å². The van der Waals surface area contributed by atoms with Gasteiger partial charge in [-0.15, -0.1) is 0 Å². The normalized spacial score (nSPS) is 13.1. The Balaban J connectivity index is 2.14. The van der Waals surface area contributed by atoms with Gasteiger partial charge in [0, 0.05) is 12.1 Å². The van der Waals surface area contributed by atoms with Gasteiger partial charge in [0.05, 0.1) is 0 Å². The third kappa shape index (κ3) is 6.84. The molecule has 2 aromatic rings. The van der Waals surface area contributed by atoms with Gasteiger partial charge in [-0.1, -0.05) is 69.3 Å². The Hall–Kier alpha value is -3.35. The lowest BCUT2D eigenvalue weighted by Crippen LogP contribution is -2.58. The number of benzene rings is 2. The molecule has 2 atom stereocenters. The Morgan fingerprint density at radius 1 is 0.903 bits per heavy atom. The molecule has 31 heavy (non-hydrogen) atoms. The Bertz CT molecular complexity index is 915. The number of nitrogens with two attached hydrogens (primary N) is 1. The van der Waals surface area contributed by atoms with Crippen molar-refractivity contribution in [1.29, 1.82) is 0 Å². The van der Waals surface area contributed by atoms with E-state index < -0.39 is 35.3 Å². The Morgan fingerprint density at radius 2 is 1.48 bits per heavy atom. The molecule has 0 heterocycles. The van der Waals surface area contributed by atoms with Crippen molar-refractivity contribution in [2.24, 2.45) is 11.1 Å². The van der Waals surface area contributed by atoms with Crippen molar-refractivity contribution >= 4 is 23.5 Å².